The second-order valence-electron chi connectivity index (χ2n) is 5.69. The van der Waals surface area contributed by atoms with Crippen LogP contribution in [0.1, 0.15) is 43.0 Å². The van der Waals surface area contributed by atoms with E-state index in [1.807, 2.05) is 0 Å². The molecule has 1 saturated carbocycles. The fourth-order valence-electron chi connectivity index (χ4n) is 2.74. The topological polar surface area (TPSA) is 75.3 Å². The van der Waals surface area contributed by atoms with Gasteiger partial charge in [0, 0.05) is 11.6 Å². The third kappa shape index (κ3) is 3.80. The number of amides is 1. The van der Waals surface area contributed by atoms with Crippen molar-refractivity contribution in [2.24, 2.45) is 5.92 Å². The molecule has 0 radical (unpaired) electrons. The first-order valence-corrected chi connectivity index (χ1v) is 9.25. The van der Waals surface area contributed by atoms with E-state index >= 15 is 0 Å². The maximum absolute atomic E-state index is 12.4. The summed E-state index contributed by atoms with van der Waals surface area (Å²) < 4.78 is 26.0. The van der Waals surface area contributed by atoms with Crippen LogP contribution in [0.2, 0.25) is 5.02 Å². The Labute approximate surface area is 136 Å². The van der Waals surface area contributed by atoms with Gasteiger partial charge >= 0.3 is 0 Å². The number of nitrogens with one attached hydrogen (secondary N) is 2. The van der Waals surface area contributed by atoms with Gasteiger partial charge in [0.15, 0.2) is 0 Å². The smallest absolute Gasteiger partial charge is 0.251 e. The zero-order chi connectivity index (χ0) is 16.3. The largest absolute Gasteiger partial charge is 0.349 e. The van der Waals surface area contributed by atoms with E-state index in [1.54, 1.807) is 6.07 Å². The number of sulfonamides is 1. The molecule has 5 nitrogen and oxygen atoms in total. The molecule has 0 unspecified atom stereocenters. The van der Waals surface area contributed by atoms with Gasteiger partial charge < -0.3 is 5.32 Å². The zero-order valence-corrected chi connectivity index (χ0v) is 14.3. The quantitative estimate of drug-likeness (QED) is 0.881. The van der Waals surface area contributed by atoms with Gasteiger partial charge in [-0.3, -0.25) is 4.79 Å². The molecule has 2 N–H and O–H groups in total. The van der Waals surface area contributed by atoms with Crippen LogP contribution in [-0.2, 0) is 10.0 Å². The highest BCUT2D eigenvalue weighted by Gasteiger charge is 2.24. The Morgan fingerprint density at radius 3 is 2.59 bits per heavy atom. The summed E-state index contributed by atoms with van der Waals surface area (Å²) in [7, 11) is -2.38. The van der Waals surface area contributed by atoms with Crippen molar-refractivity contribution in [3.05, 3.63) is 28.8 Å². The Morgan fingerprint density at radius 2 is 1.95 bits per heavy atom. The molecule has 7 heteroatoms. The highest BCUT2D eigenvalue weighted by atomic mass is 35.5. The van der Waals surface area contributed by atoms with Crippen LogP contribution in [0.15, 0.2) is 23.1 Å². The van der Waals surface area contributed by atoms with Crippen molar-refractivity contribution in [3.63, 3.8) is 0 Å². The van der Waals surface area contributed by atoms with Crippen LogP contribution in [0, 0.1) is 5.92 Å². The molecule has 0 saturated heterocycles. The van der Waals surface area contributed by atoms with Gasteiger partial charge in [-0.1, -0.05) is 31.4 Å². The van der Waals surface area contributed by atoms with E-state index in [9.17, 15) is 13.2 Å². The Hall–Kier alpha value is -1.11. The molecule has 1 amide bonds. The van der Waals surface area contributed by atoms with Crippen LogP contribution in [0.25, 0.3) is 0 Å². The highest BCUT2D eigenvalue weighted by molar-refractivity contribution is 7.89. The molecule has 1 aliphatic carbocycles. The first-order valence-electron chi connectivity index (χ1n) is 7.39. The fourth-order valence-corrected chi connectivity index (χ4v) is 3.99. The number of benzene rings is 1. The van der Waals surface area contributed by atoms with Crippen LogP contribution in [0.4, 0.5) is 0 Å². The zero-order valence-electron chi connectivity index (χ0n) is 12.7. The summed E-state index contributed by atoms with van der Waals surface area (Å²) in [4.78, 5) is 12.3. The molecule has 2 rings (SSSR count). The fraction of sp³-hybridized carbons (Fsp3) is 0.533. The van der Waals surface area contributed by atoms with Gasteiger partial charge in [0.05, 0.1) is 5.02 Å². The van der Waals surface area contributed by atoms with Crippen LogP contribution in [0.3, 0.4) is 0 Å². The van der Waals surface area contributed by atoms with E-state index in [2.05, 4.69) is 17.0 Å². The number of hydrogen-bond donors (Lipinski definition) is 2. The normalized spacial score (nSPS) is 22.3. The predicted octanol–water partition coefficient (Wildman–Crippen LogP) is 2.56. The summed E-state index contributed by atoms with van der Waals surface area (Å²) in [5, 5.41) is 3.10. The summed E-state index contributed by atoms with van der Waals surface area (Å²) in [6.07, 6.45) is 4.36. The Morgan fingerprint density at radius 1 is 1.27 bits per heavy atom. The van der Waals surface area contributed by atoms with Gasteiger partial charge in [-0.25, -0.2) is 13.1 Å². The predicted molar refractivity (Wildman–Crippen MR) is 86.6 cm³/mol. The van der Waals surface area contributed by atoms with Crippen molar-refractivity contribution >= 4 is 27.5 Å². The second kappa shape index (κ2) is 6.98. The van der Waals surface area contributed by atoms with Crippen molar-refractivity contribution < 1.29 is 13.2 Å². The van der Waals surface area contributed by atoms with E-state index in [-0.39, 0.29) is 21.9 Å². The molecule has 0 bridgehead atoms. The first kappa shape index (κ1) is 17.2. The molecule has 1 aromatic rings. The SMILES string of the molecule is CNS(=O)(=O)c1cc(C(=O)N[C@H]2CCCC[C@@H]2C)ccc1Cl. The highest BCUT2D eigenvalue weighted by Crippen LogP contribution is 2.25. The van der Waals surface area contributed by atoms with Gasteiger partial charge in [-0.15, -0.1) is 0 Å². The third-order valence-electron chi connectivity index (χ3n) is 4.18. The molecule has 0 spiro atoms. The molecule has 2 atom stereocenters. The lowest BCUT2D eigenvalue weighted by Crippen LogP contribution is -2.41. The monoisotopic (exact) mass is 344 g/mol. The van der Waals surface area contributed by atoms with Crippen molar-refractivity contribution in [1.82, 2.24) is 10.0 Å². The van der Waals surface area contributed by atoms with Crippen molar-refractivity contribution in [2.75, 3.05) is 7.05 Å². The van der Waals surface area contributed by atoms with Crippen molar-refractivity contribution in [2.45, 2.75) is 43.5 Å². The van der Waals surface area contributed by atoms with Gasteiger partial charge in [0.2, 0.25) is 10.0 Å². The lowest BCUT2D eigenvalue weighted by atomic mass is 9.86. The summed E-state index contributed by atoms with van der Waals surface area (Å²) in [5.74, 6) is 0.175. The lowest BCUT2D eigenvalue weighted by molar-refractivity contribution is 0.0910. The third-order valence-corrected chi connectivity index (χ3v) is 6.08. The number of rotatable bonds is 4. The van der Waals surface area contributed by atoms with Crippen molar-refractivity contribution in [3.8, 4) is 0 Å². The molecule has 1 fully saturated rings. The van der Waals surface area contributed by atoms with Crippen LogP contribution in [-0.4, -0.2) is 27.4 Å². The van der Waals surface area contributed by atoms with Gasteiger partial charge in [0.1, 0.15) is 4.90 Å². The van der Waals surface area contributed by atoms with E-state index in [1.165, 1.54) is 25.6 Å². The van der Waals surface area contributed by atoms with E-state index in [4.69, 9.17) is 11.6 Å². The molecule has 0 aliphatic heterocycles. The molecular formula is C15H21ClN2O3S. The average molecular weight is 345 g/mol. The molecule has 1 aromatic carbocycles. The number of hydrogen-bond acceptors (Lipinski definition) is 3. The summed E-state index contributed by atoms with van der Waals surface area (Å²) in [6.45, 7) is 2.13. The summed E-state index contributed by atoms with van der Waals surface area (Å²) >= 11 is 5.93. The minimum absolute atomic E-state index is 0.0824. The lowest BCUT2D eigenvalue weighted by Gasteiger charge is -2.29. The van der Waals surface area contributed by atoms with E-state index < -0.39 is 10.0 Å². The summed E-state index contributed by atoms with van der Waals surface area (Å²) in [5.41, 5.74) is 0.302. The Balaban J connectivity index is 2.22. The average Bonchev–Trinajstić information content (AvgIpc) is 2.49. The maximum Gasteiger partial charge on any atom is 0.251 e. The molecule has 1 aliphatic rings. The first-order chi connectivity index (χ1) is 10.3. The number of carbonyl (C=O) groups excluding carboxylic acids is 1. The molecule has 0 heterocycles. The summed E-state index contributed by atoms with van der Waals surface area (Å²) in [6, 6.07) is 4.43. The van der Waals surface area contributed by atoms with E-state index in [0.717, 1.165) is 19.3 Å². The molecular weight excluding hydrogens is 324 g/mol. The molecule has 0 aromatic heterocycles. The van der Waals surface area contributed by atoms with Crippen LogP contribution < -0.4 is 10.0 Å². The van der Waals surface area contributed by atoms with Gasteiger partial charge in [-0.05, 0) is 44.0 Å². The number of carbonyl (C=O) groups is 1. The van der Waals surface area contributed by atoms with Gasteiger partial charge in [-0.2, -0.15) is 0 Å². The minimum Gasteiger partial charge on any atom is -0.349 e. The van der Waals surface area contributed by atoms with Crippen LogP contribution >= 0.6 is 11.6 Å². The molecule has 122 valence electrons. The van der Waals surface area contributed by atoms with Gasteiger partial charge in [0.25, 0.3) is 5.91 Å². The van der Waals surface area contributed by atoms with Crippen molar-refractivity contribution in [1.29, 1.82) is 0 Å². The van der Waals surface area contributed by atoms with E-state index in [0.29, 0.717) is 11.5 Å². The minimum atomic E-state index is -3.69. The number of halogens is 1. The van der Waals surface area contributed by atoms with Crippen LogP contribution in [0.5, 0.6) is 0 Å². The molecule has 22 heavy (non-hydrogen) atoms. The Bertz CT molecular complexity index is 661. The Kier molecular flexibility index (Phi) is 5.47. The maximum atomic E-state index is 12.4. The second-order valence-corrected chi connectivity index (χ2v) is 7.96. The standard InChI is InChI=1S/C15H21ClN2O3S/c1-10-5-3-4-6-13(10)18-15(19)11-7-8-12(16)14(9-11)22(20,21)17-2/h7-10,13,17H,3-6H2,1-2H3,(H,18,19)/t10-,13-/m0/s1.